The van der Waals surface area contributed by atoms with Gasteiger partial charge in [-0.15, -0.1) is 0 Å². The lowest BCUT2D eigenvalue weighted by atomic mass is 10.1. The number of nitrogens with zero attached hydrogens (tertiary/aromatic N) is 1. The normalized spacial score (nSPS) is 12.1. The van der Waals surface area contributed by atoms with E-state index in [0.29, 0.717) is 0 Å². The molecule has 0 aliphatic heterocycles. The summed E-state index contributed by atoms with van der Waals surface area (Å²) < 4.78 is 10.5. The van der Waals surface area contributed by atoms with Gasteiger partial charge in [-0.2, -0.15) is 5.10 Å². The lowest BCUT2D eigenvalue weighted by Crippen LogP contribution is -2.26. The van der Waals surface area contributed by atoms with Crippen LogP contribution in [0.2, 0.25) is 0 Å². The third-order valence-corrected chi connectivity index (χ3v) is 3.40. The van der Waals surface area contributed by atoms with Gasteiger partial charge in [0.25, 0.3) is 5.91 Å². The van der Waals surface area contributed by atoms with Crippen molar-refractivity contribution in [3.63, 3.8) is 0 Å². The molecule has 1 atom stereocenters. The zero-order valence-corrected chi connectivity index (χ0v) is 13.4. The Hall–Kier alpha value is -2.66. The topological polar surface area (TPSA) is 59.9 Å². The summed E-state index contributed by atoms with van der Waals surface area (Å²) in [5.41, 5.74) is 5.15. The second-order valence-electron chi connectivity index (χ2n) is 4.99. The maximum atomic E-state index is 12.2. The van der Waals surface area contributed by atoms with Gasteiger partial charge in [0.05, 0.1) is 13.3 Å². The van der Waals surface area contributed by atoms with Gasteiger partial charge in [-0.1, -0.05) is 42.5 Å². The van der Waals surface area contributed by atoms with E-state index in [1.165, 1.54) is 7.11 Å². The maximum Gasteiger partial charge on any atom is 0.273 e. The zero-order chi connectivity index (χ0) is 16.7. The summed E-state index contributed by atoms with van der Waals surface area (Å²) in [6.07, 6.45) is 0.873. The first-order valence-electron chi connectivity index (χ1n) is 7.21. The van der Waals surface area contributed by atoms with E-state index >= 15 is 0 Å². The fourth-order valence-electron chi connectivity index (χ4n) is 2.17. The Bertz CT molecular complexity index is 684. The third kappa shape index (κ3) is 4.40. The number of amides is 1. The maximum absolute atomic E-state index is 12.2. The summed E-state index contributed by atoms with van der Waals surface area (Å²) in [5, 5.41) is 3.98. The second-order valence-corrected chi connectivity index (χ2v) is 4.99. The van der Waals surface area contributed by atoms with Gasteiger partial charge in [-0.3, -0.25) is 4.79 Å². The molecule has 5 nitrogen and oxygen atoms in total. The molecule has 0 bridgehead atoms. The van der Waals surface area contributed by atoms with Crippen LogP contribution in [0.5, 0.6) is 5.75 Å². The minimum atomic E-state index is -0.694. The summed E-state index contributed by atoms with van der Waals surface area (Å²) >= 11 is 0. The number of hydrogen-bond donors (Lipinski definition) is 1. The number of nitrogens with one attached hydrogen (secondary N) is 1. The van der Waals surface area contributed by atoms with Gasteiger partial charge in [0, 0.05) is 7.11 Å². The fourth-order valence-corrected chi connectivity index (χ4v) is 2.17. The van der Waals surface area contributed by atoms with Crippen LogP contribution in [-0.2, 0) is 9.53 Å². The van der Waals surface area contributed by atoms with Crippen LogP contribution in [0, 0.1) is 6.92 Å². The first-order valence-corrected chi connectivity index (χ1v) is 7.21. The van der Waals surface area contributed by atoms with Crippen LogP contribution in [0.1, 0.15) is 22.8 Å². The van der Waals surface area contributed by atoms with Gasteiger partial charge in [-0.25, -0.2) is 5.43 Å². The van der Waals surface area contributed by atoms with Crippen molar-refractivity contribution in [1.29, 1.82) is 0 Å². The lowest BCUT2D eigenvalue weighted by molar-refractivity contribution is -0.131. The number of aryl methyl sites for hydroxylation is 1. The minimum Gasteiger partial charge on any atom is -0.496 e. The van der Waals surface area contributed by atoms with E-state index in [-0.39, 0.29) is 5.91 Å². The number of benzene rings is 2. The molecule has 23 heavy (non-hydrogen) atoms. The van der Waals surface area contributed by atoms with Crippen molar-refractivity contribution in [3.05, 3.63) is 65.2 Å². The number of hydrogen-bond acceptors (Lipinski definition) is 4. The Balaban J connectivity index is 2.03. The average molecular weight is 312 g/mol. The quantitative estimate of drug-likeness (QED) is 0.659. The molecule has 0 heterocycles. The summed E-state index contributed by atoms with van der Waals surface area (Å²) in [4.78, 5) is 12.2. The Kier molecular flexibility index (Phi) is 5.88. The van der Waals surface area contributed by atoms with Gasteiger partial charge in [0.15, 0.2) is 6.10 Å². The molecule has 0 fully saturated rings. The van der Waals surface area contributed by atoms with E-state index in [0.717, 1.165) is 22.4 Å². The molecule has 5 heteroatoms. The molecular formula is C18H20N2O3. The lowest BCUT2D eigenvalue weighted by Gasteiger charge is -2.13. The molecule has 2 rings (SSSR count). The number of carbonyl (C=O) groups excluding carboxylic acids is 1. The molecule has 0 saturated carbocycles. The predicted octanol–water partition coefficient (Wildman–Crippen LogP) is 2.84. The molecule has 0 saturated heterocycles. The van der Waals surface area contributed by atoms with Gasteiger partial charge in [0.2, 0.25) is 0 Å². The van der Waals surface area contributed by atoms with E-state index in [1.807, 2.05) is 55.5 Å². The van der Waals surface area contributed by atoms with Gasteiger partial charge >= 0.3 is 0 Å². The van der Waals surface area contributed by atoms with Crippen LogP contribution in [0.4, 0.5) is 0 Å². The molecule has 0 spiro atoms. The van der Waals surface area contributed by atoms with Crippen molar-refractivity contribution in [2.24, 2.45) is 5.10 Å². The molecule has 0 aromatic heterocycles. The summed E-state index contributed by atoms with van der Waals surface area (Å²) in [5.74, 6) is 0.452. The standard InChI is InChI=1S/C18H20N2O3/c1-13-9-10-14(11-16(13)22-2)12-19-20-18(21)17(23-3)15-7-5-4-6-8-15/h4-12,17H,1-3H3,(H,20,21). The van der Waals surface area contributed by atoms with E-state index in [2.05, 4.69) is 10.5 Å². The van der Waals surface area contributed by atoms with Crippen LogP contribution in [0.15, 0.2) is 53.6 Å². The molecule has 2 aromatic carbocycles. The molecule has 120 valence electrons. The molecule has 1 amide bonds. The van der Waals surface area contributed by atoms with Gasteiger partial charge in [0.1, 0.15) is 5.75 Å². The Labute approximate surface area is 135 Å². The highest BCUT2D eigenvalue weighted by atomic mass is 16.5. The monoisotopic (exact) mass is 312 g/mol. The van der Waals surface area contributed by atoms with Crippen molar-refractivity contribution in [2.45, 2.75) is 13.0 Å². The summed E-state index contributed by atoms with van der Waals surface area (Å²) in [6, 6.07) is 15.0. The molecular weight excluding hydrogens is 292 g/mol. The van der Waals surface area contributed by atoms with E-state index < -0.39 is 6.10 Å². The van der Waals surface area contributed by atoms with Crippen LogP contribution in [0.25, 0.3) is 0 Å². The van der Waals surface area contributed by atoms with E-state index in [4.69, 9.17) is 9.47 Å². The molecule has 1 unspecified atom stereocenters. The van der Waals surface area contributed by atoms with Crippen LogP contribution >= 0.6 is 0 Å². The van der Waals surface area contributed by atoms with Gasteiger partial charge in [-0.05, 0) is 29.7 Å². The fraction of sp³-hybridized carbons (Fsp3) is 0.222. The molecule has 0 radical (unpaired) electrons. The smallest absolute Gasteiger partial charge is 0.273 e. The molecule has 0 aliphatic rings. The van der Waals surface area contributed by atoms with Crippen LogP contribution < -0.4 is 10.2 Å². The number of ether oxygens (including phenoxy) is 2. The molecule has 0 aliphatic carbocycles. The zero-order valence-electron chi connectivity index (χ0n) is 13.4. The first kappa shape index (κ1) is 16.7. The second kappa shape index (κ2) is 8.10. The third-order valence-electron chi connectivity index (χ3n) is 3.40. The number of carbonyl (C=O) groups is 1. The minimum absolute atomic E-state index is 0.325. The van der Waals surface area contributed by atoms with Crippen molar-refractivity contribution < 1.29 is 14.3 Å². The SMILES string of the molecule is COc1cc(C=NNC(=O)C(OC)c2ccccc2)ccc1C. The number of rotatable bonds is 6. The predicted molar refractivity (Wildman–Crippen MR) is 89.7 cm³/mol. The van der Waals surface area contributed by atoms with Crippen LogP contribution in [-0.4, -0.2) is 26.3 Å². The highest BCUT2D eigenvalue weighted by molar-refractivity contribution is 5.85. The van der Waals surface area contributed by atoms with Crippen molar-refractivity contribution >= 4 is 12.1 Å². The highest BCUT2D eigenvalue weighted by Gasteiger charge is 2.18. The van der Waals surface area contributed by atoms with Crippen LogP contribution in [0.3, 0.4) is 0 Å². The average Bonchev–Trinajstić information content (AvgIpc) is 2.58. The summed E-state index contributed by atoms with van der Waals surface area (Å²) in [7, 11) is 3.11. The Morgan fingerprint density at radius 3 is 2.57 bits per heavy atom. The van der Waals surface area contributed by atoms with Crippen molar-refractivity contribution in [3.8, 4) is 5.75 Å². The Morgan fingerprint density at radius 2 is 1.91 bits per heavy atom. The molecule has 2 aromatic rings. The Morgan fingerprint density at radius 1 is 1.17 bits per heavy atom. The number of methoxy groups -OCH3 is 2. The van der Waals surface area contributed by atoms with Crippen molar-refractivity contribution in [1.82, 2.24) is 5.43 Å². The van der Waals surface area contributed by atoms with E-state index in [1.54, 1.807) is 13.3 Å². The number of hydrazone groups is 1. The molecule has 1 N–H and O–H groups in total. The highest BCUT2D eigenvalue weighted by Crippen LogP contribution is 2.18. The first-order chi connectivity index (χ1) is 11.2. The summed E-state index contributed by atoms with van der Waals surface area (Å²) in [6.45, 7) is 1.96. The van der Waals surface area contributed by atoms with E-state index in [9.17, 15) is 4.79 Å². The largest absolute Gasteiger partial charge is 0.496 e. The van der Waals surface area contributed by atoms with Crippen molar-refractivity contribution in [2.75, 3.05) is 14.2 Å². The van der Waals surface area contributed by atoms with Gasteiger partial charge < -0.3 is 9.47 Å².